The van der Waals surface area contributed by atoms with E-state index in [9.17, 15) is 9.59 Å². The van der Waals surface area contributed by atoms with Gasteiger partial charge < -0.3 is 5.32 Å². The fourth-order valence-electron chi connectivity index (χ4n) is 2.41. The van der Waals surface area contributed by atoms with E-state index in [1.807, 2.05) is 30.3 Å². The van der Waals surface area contributed by atoms with Crippen molar-refractivity contribution in [1.82, 2.24) is 16.2 Å². The van der Waals surface area contributed by atoms with Gasteiger partial charge in [0, 0.05) is 5.56 Å². The van der Waals surface area contributed by atoms with E-state index in [4.69, 9.17) is 23.2 Å². The predicted octanol–water partition coefficient (Wildman–Crippen LogP) is 2.47. The van der Waals surface area contributed by atoms with E-state index in [2.05, 4.69) is 16.2 Å². The third-order valence-corrected chi connectivity index (χ3v) is 4.33. The van der Waals surface area contributed by atoms with Crippen LogP contribution in [0, 0.1) is 0 Å². The van der Waals surface area contributed by atoms with Crippen LogP contribution in [-0.4, -0.2) is 17.9 Å². The lowest BCUT2D eigenvalue weighted by Crippen LogP contribution is -2.42. The van der Waals surface area contributed by atoms with Gasteiger partial charge in [-0.25, -0.2) is 5.43 Å². The Morgan fingerprint density at radius 1 is 1.04 bits per heavy atom. The number of benzene rings is 2. The second-order valence-electron chi connectivity index (χ2n) is 5.10. The number of hydrogen-bond donors (Lipinski definition) is 3. The zero-order chi connectivity index (χ0) is 16.4. The third kappa shape index (κ3) is 3.32. The molecular formula is C16H13Cl2N3O2. The van der Waals surface area contributed by atoms with E-state index in [0.29, 0.717) is 10.6 Å². The molecule has 0 aliphatic carbocycles. The molecular weight excluding hydrogens is 337 g/mol. The second-order valence-corrected chi connectivity index (χ2v) is 5.92. The number of hydrogen-bond acceptors (Lipinski definition) is 3. The molecule has 118 valence electrons. The summed E-state index contributed by atoms with van der Waals surface area (Å²) >= 11 is 11.8. The van der Waals surface area contributed by atoms with Crippen molar-refractivity contribution >= 4 is 35.0 Å². The first-order chi connectivity index (χ1) is 11.1. The van der Waals surface area contributed by atoms with Gasteiger partial charge in [0.15, 0.2) is 0 Å². The van der Waals surface area contributed by atoms with E-state index >= 15 is 0 Å². The third-order valence-electron chi connectivity index (χ3n) is 3.59. The van der Waals surface area contributed by atoms with Crippen LogP contribution in [0.4, 0.5) is 0 Å². The van der Waals surface area contributed by atoms with Crippen molar-refractivity contribution in [1.29, 1.82) is 0 Å². The topological polar surface area (TPSA) is 70.2 Å². The van der Waals surface area contributed by atoms with Gasteiger partial charge in [-0.3, -0.25) is 15.0 Å². The number of nitrogens with one attached hydrogen (secondary N) is 3. The number of rotatable bonds is 3. The first-order valence-electron chi connectivity index (χ1n) is 6.92. The van der Waals surface area contributed by atoms with Crippen molar-refractivity contribution < 1.29 is 9.59 Å². The van der Waals surface area contributed by atoms with Crippen LogP contribution in [0.15, 0.2) is 48.5 Å². The molecule has 2 aromatic carbocycles. The van der Waals surface area contributed by atoms with Crippen LogP contribution in [0.5, 0.6) is 0 Å². The van der Waals surface area contributed by atoms with E-state index in [-0.39, 0.29) is 17.0 Å². The standard InChI is InChI=1S/C16H13Cl2N3O2/c17-11-7-6-10(8-12(11)18)15(22)19-14-13(20-21-16(14)23)9-4-2-1-3-5-9/h1-8,13-14,20H,(H,19,22)(H,21,23). The maximum absolute atomic E-state index is 12.4. The Kier molecular flexibility index (Phi) is 4.52. The molecule has 23 heavy (non-hydrogen) atoms. The van der Waals surface area contributed by atoms with Gasteiger partial charge in [-0.05, 0) is 23.8 Å². The lowest BCUT2D eigenvalue weighted by atomic mass is 10.0. The molecule has 3 N–H and O–H groups in total. The number of carbonyl (C=O) groups is 2. The Morgan fingerprint density at radius 3 is 2.48 bits per heavy atom. The molecule has 1 saturated heterocycles. The van der Waals surface area contributed by atoms with E-state index < -0.39 is 11.9 Å². The lowest BCUT2D eigenvalue weighted by Gasteiger charge is -2.18. The molecule has 0 radical (unpaired) electrons. The minimum atomic E-state index is -0.723. The molecule has 3 rings (SSSR count). The van der Waals surface area contributed by atoms with E-state index in [1.165, 1.54) is 6.07 Å². The summed E-state index contributed by atoms with van der Waals surface area (Å²) in [5, 5.41) is 3.38. The average molecular weight is 350 g/mol. The van der Waals surface area contributed by atoms with Gasteiger partial charge in [0.2, 0.25) is 0 Å². The Balaban J connectivity index is 1.80. The fourth-order valence-corrected chi connectivity index (χ4v) is 2.71. The Hall–Kier alpha value is -2.08. The summed E-state index contributed by atoms with van der Waals surface area (Å²) in [4.78, 5) is 24.4. The highest BCUT2D eigenvalue weighted by molar-refractivity contribution is 6.42. The van der Waals surface area contributed by atoms with Gasteiger partial charge in [-0.2, -0.15) is 0 Å². The highest BCUT2D eigenvalue weighted by Crippen LogP contribution is 2.24. The van der Waals surface area contributed by atoms with E-state index in [0.717, 1.165) is 5.56 Å². The SMILES string of the molecule is O=C(NC1C(=O)NNC1c1ccccc1)c1ccc(Cl)c(Cl)c1. The summed E-state index contributed by atoms with van der Waals surface area (Å²) < 4.78 is 0. The first-order valence-corrected chi connectivity index (χ1v) is 7.68. The molecule has 2 aromatic rings. The average Bonchev–Trinajstić information content (AvgIpc) is 2.92. The number of hydrazine groups is 1. The minimum Gasteiger partial charge on any atom is -0.338 e. The number of halogens is 2. The molecule has 1 aliphatic rings. The molecule has 0 spiro atoms. The first kappa shape index (κ1) is 15.8. The van der Waals surface area contributed by atoms with Crippen LogP contribution in [0.2, 0.25) is 10.0 Å². The zero-order valence-electron chi connectivity index (χ0n) is 11.8. The van der Waals surface area contributed by atoms with Gasteiger partial charge in [-0.1, -0.05) is 53.5 Å². The molecule has 5 nitrogen and oxygen atoms in total. The van der Waals surface area contributed by atoms with Crippen molar-refractivity contribution in [3.63, 3.8) is 0 Å². The highest BCUT2D eigenvalue weighted by Gasteiger charge is 2.36. The minimum absolute atomic E-state index is 0.285. The van der Waals surface area contributed by atoms with Gasteiger partial charge in [0.25, 0.3) is 11.8 Å². The Morgan fingerprint density at radius 2 is 1.78 bits per heavy atom. The molecule has 0 saturated carbocycles. The van der Waals surface area contributed by atoms with Gasteiger partial charge >= 0.3 is 0 Å². The maximum Gasteiger partial charge on any atom is 0.258 e. The summed E-state index contributed by atoms with van der Waals surface area (Å²) in [5.41, 5.74) is 6.67. The Labute approximate surface area is 142 Å². The van der Waals surface area contributed by atoms with Gasteiger partial charge in [0.05, 0.1) is 16.1 Å². The summed E-state index contributed by atoms with van der Waals surface area (Å²) in [6.45, 7) is 0. The maximum atomic E-state index is 12.4. The molecule has 0 aromatic heterocycles. The lowest BCUT2D eigenvalue weighted by molar-refractivity contribution is -0.121. The molecule has 7 heteroatoms. The monoisotopic (exact) mass is 349 g/mol. The van der Waals surface area contributed by atoms with Gasteiger partial charge in [-0.15, -0.1) is 0 Å². The van der Waals surface area contributed by atoms with E-state index in [1.54, 1.807) is 12.1 Å². The smallest absolute Gasteiger partial charge is 0.258 e. The van der Waals surface area contributed by atoms with Crippen LogP contribution in [0.1, 0.15) is 22.0 Å². The molecule has 1 aliphatic heterocycles. The zero-order valence-corrected chi connectivity index (χ0v) is 13.4. The molecule has 1 fully saturated rings. The fraction of sp³-hybridized carbons (Fsp3) is 0.125. The van der Waals surface area contributed by atoms with Crippen LogP contribution in [0.3, 0.4) is 0 Å². The highest BCUT2D eigenvalue weighted by atomic mass is 35.5. The van der Waals surface area contributed by atoms with Crippen molar-refractivity contribution in [2.75, 3.05) is 0 Å². The van der Waals surface area contributed by atoms with Crippen LogP contribution >= 0.6 is 23.2 Å². The van der Waals surface area contributed by atoms with Crippen molar-refractivity contribution in [3.8, 4) is 0 Å². The van der Waals surface area contributed by atoms with Crippen LogP contribution in [-0.2, 0) is 4.79 Å². The predicted molar refractivity (Wildman–Crippen MR) is 88.2 cm³/mol. The van der Waals surface area contributed by atoms with Crippen LogP contribution in [0.25, 0.3) is 0 Å². The number of amides is 2. The molecule has 2 atom stereocenters. The summed E-state index contributed by atoms with van der Waals surface area (Å²) in [6, 6.07) is 12.9. The van der Waals surface area contributed by atoms with Crippen molar-refractivity contribution in [2.24, 2.45) is 0 Å². The van der Waals surface area contributed by atoms with Crippen LogP contribution < -0.4 is 16.2 Å². The van der Waals surface area contributed by atoms with Crippen molar-refractivity contribution in [2.45, 2.75) is 12.1 Å². The number of carbonyl (C=O) groups excluding carboxylic acids is 2. The molecule has 2 unspecified atom stereocenters. The van der Waals surface area contributed by atoms with Crippen molar-refractivity contribution in [3.05, 3.63) is 69.7 Å². The quantitative estimate of drug-likeness (QED) is 0.797. The Bertz CT molecular complexity index is 752. The molecule has 2 amide bonds. The molecule has 1 heterocycles. The summed E-state index contributed by atoms with van der Waals surface area (Å²) in [7, 11) is 0. The molecule has 0 bridgehead atoms. The second kappa shape index (κ2) is 6.58. The largest absolute Gasteiger partial charge is 0.338 e. The van der Waals surface area contributed by atoms with Gasteiger partial charge in [0.1, 0.15) is 6.04 Å². The normalized spacial score (nSPS) is 20.2. The summed E-state index contributed by atoms with van der Waals surface area (Å²) in [5.74, 6) is -0.694. The summed E-state index contributed by atoms with van der Waals surface area (Å²) in [6.07, 6.45) is 0.